The van der Waals surface area contributed by atoms with Gasteiger partial charge in [-0.15, -0.1) is 0 Å². The average Bonchev–Trinajstić information content (AvgIpc) is 2.65. The Kier molecular flexibility index (Phi) is 3.08. The van der Waals surface area contributed by atoms with Crippen molar-refractivity contribution in [3.8, 4) is 0 Å². The van der Waals surface area contributed by atoms with Gasteiger partial charge in [-0.25, -0.2) is 0 Å². The van der Waals surface area contributed by atoms with Crippen molar-refractivity contribution in [2.75, 3.05) is 6.54 Å². The summed E-state index contributed by atoms with van der Waals surface area (Å²) < 4.78 is 0. The van der Waals surface area contributed by atoms with Crippen LogP contribution in [-0.4, -0.2) is 11.5 Å². The number of benzene rings is 1. The maximum Gasteiger partial charge on any atom is 0.0705 e. The highest BCUT2D eigenvalue weighted by Crippen LogP contribution is 2.39. The van der Waals surface area contributed by atoms with Crippen molar-refractivity contribution in [3.63, 3.8) is 0 Å². The molecule has 0 amide bonds. The maximum atomic E-state index is 6.38. The molecular weight excluding hydrogens is 244 g/mol. The second-order valence-corrected chi connectivity index (χ2v) is 6.11. The smallest absolute Gasteiger partial charge is 0.0705 e. The van der Waals surface area contributed by atoms with E-state index in [1.807, 2.05) is 12.1 Å². The summed E-state index contributed by atoms with van der Waals surface area (Å²) in [5.74, 6) is 0. The van der Waals surface area contributed by atoms with Crippen molar-refractivity contribution in [1.29, 1.82) is 0 Å². The summed E-state index contributed by atoms with van der Waals surface area (Å²) in [6.07, 6.45) is 4.08. The van der Waals surface area contributed by atoms with Crippen molar-refractivity contribution in [3.05, 3.63) is 35.0 Å². The molecule has 3 heteroatoms. The van der Waals surface area contributed by atoms with Crippen LogP contribution in [-0.2, 0) is 6.54 Å². The monoisotopic (exact) mass is 262 g/mol. The van der Waals surface area contributed by atoms with Gasteiger partial charge in [0.2, 0.25) is 0 Å². The van der Waals surface area contributed by atoms with Crippen molar-refractivity contribution in [1.82, 2.24) is 10.3 Å². The Labute approximate surface area is 113 Å². The van der Waals surface area contributed by atoms with Crippen LogP contribution >= 0.6 is 11.6 Å². The van der Waals surface area contributed by atoms with E-state index >= 15 is 0 Å². The Morgan fingerprint density at radius 2 is 2.11 bits per heavy atom. The van der Waals surface area contributed by atoms with E-state index in [0.29, 0.717) is 5.41 Å². The summed E-state index contributed by atoms with van der Waals surface area (Å²) in [5.41, 5.74) is 2.73. The van der Waals surface area contributed by atoms with Crippen LogP contribution in [0.4, 0.5) is 0 Å². The van der Waals surface area contributed by atoms with Gasteiger partial charge in [0.05, 0.1) is 5.02 Å². The van der Waals surface area contributed by atoms with Gasteiger partial charge in [-0.1, -0.05) is 43.1 Å². The minimum atomic E-state index is 0.512. The van der Waals surface area contributed by atoms with Gasteiger partial charge in [0.1, 0.15) is 0 Å². The molecule has 0 atom stereocenters. The third-order valence-corrected chi connectivity index (χ3v) is 4.56. The van der Waals surface area contributed by atoms with Crippen molar-refractivity contribution < 1.29 is 0 Å². The average molecular weight is 263 g/mol. The summed E-state index contributed by atoms with van der Waals surface area (Å²) in [4.78, 5) is 3.39. The number of aromatic amines is 1. The molecule has 1 aromatic heterocycles. The molecule has 0 unspecified atom stereocenters. The Morgan fingerprint density at radius 3 is 2.78 bits per heavy atom. The van der Waals surface area contributed by atoms with E-state index < -0.39 is 0 Å². The first kappa shape index (κ1) is 12.1. The fraction of sp³-hybridized carbons (Fsp3) is 0.467. The van der Waals surface area contributed by atoms with E-state index in [1.165, 1.54) is 19.3 Å². The number of hydrogen-bond acceptors (Lipinski definition) is 1. The zero-order chi connectivity index (χ0) is 12.6. The van der Waals surface area contributed by atoms with E-state index in [1.54, 1.807) is 0 Å². The third-order valence-electron chi connectivity index (χ3n) is 4.13. The number of aromatic nitrogens is 1. The van der Waals surface area contributed by atoms with Gasteiger partial charge in [0, 0.05) is 29.7 Å². The van der Waals surface area contributed by atoms with Crippen LogP contribution in [0.1, 0.15) is 31.9 Å². The molecule has 0 saturated heterocycles. The van der Waals surface area contributed by atoms with Crippen LogP contribution in [0.5, 0.6) is 0 Å². The molecule has 1 heterocycles. The first-order valence-electron chi connectivity index (χ1n) is 6.64. The minimum Gasteiger partial charge on any atom is -0.356 e. The van der Waals surface area contributed by atoms with E-state index in [9.17, 15) is 0 Å². The van der Waals surface area contributed by atoms with Crippen molar-refractivity contribution in [2.24, 2.45) is 5.41 Å². The van der Waals surface area contributed by atoms with Gasteiger partial charge in [-0.2, -0.15) is 0 Å². The number of para-hydroxylation sites is 1. The predicted octanol–water partition coefficient (Wildman–Crippen LogP) is 4.10. The molecule has 0 spiro atoms. The number of H-pyrrole nitrogens is 1. The van der Waals surface area contributed by atoms with Crippen molar-refractivity contribution in [2.45, 2.75) is 32.7 Å². The number of rotatable bonds is 4. The second-order valence-electron chi connectivity index (χ2n) is 5.73. The summed E-state index contributed by atoms with van der Waals surface area (Å²) in [7, 11) is 0. The van der Waals surface area contributed by atoms with E-state index in [0.717, 1.165) is 34.7 Å². The highest BCUT2D eigenvalue weighted by molar-refractivity contribution is 6.36. The molecule has 1 aromatic carbocycles. The lowest BCUT2D eigenvalue weighted by Crippen LogP contribution is -2.37. The second kappa shape index (κ2) is 4.60. The Hall–Kier alpha value is -0.990. The molecular formula is C15H19ClN2. The van der Waals surface area contributed by atoms with Crippen molar-refractivity contribution >= 4 is 22.5 Å². The highest BCUT2D eigenvalue weighted by atomic mass is 35.5. The topological polar surface area (TPSA) is 27.8 Å². The third kappa shape index (κ3) is 2.15. The molecule has 1 saturated carbocycles. The molecule has 1 aliphatic rings. The van der Waals surface area contributed by atoms with Crippen LogP contribution in [0.3, 0.4) is 0 Å². The Morgan fingerprint density at radius 1 is 1.33 bits per heavy atom. The molecule has 0 aliphatic heterocycles. The summed E-state index contributed by atoms with van der Waals surface area (Å²) in [6.45, 7) is 4.26. The van der Waals surface area contributed by atoms with Gasteiger partial charge in [0.15, 0.2) is 0 Å². The van der Waals surface area contributed by atoms with Crippen LogP contribution in [0.25, 0.3) is 10.9 Å². The number of hydrogen-bond donors (Lipinski definition) is 2. The van der Waals surface area contributed by atoms with Crippen LogP contribution in [0, 0.1) is 5.41 Å². The first-order valence-corrected chi connectivity index (χ1v) is 7.02. The molecule has 0 bridgehead atoms. The summed E-state index contributed by atoms with van der Waals surface area (Å²) in [5, 5.41) is 5.50. The Balaban J connectivity index is 1.69. The fourth-order valence-corrected chi connectivity index (χ4v) is 3.01. The molecule has 3 rings (SSSR count). The lowest BCUT2D eigenvalue weighted by molar-refractivity contribution is 0.156. The molecule has 18 heavy (non-hydrogen) atoms. The Bertz CT molecular complexity index is 555. The van der Waals surface area contributed by atoms with Gasteiger partial charge in [-0.05, 0) is 24.3 Å². The maximum absolute atomic E-state index is 6.38. The molecule has 1 fully saturated rings. The largest absolute Gasteiger partial charge is 0.356 e. The lowest BCUT2D eigenvalue weighted by Gasteiger charge is -2.38. The first-order chi connectivity index (χ1) is 8.68. The van der Waals surface area contributed by atoms with Crippen LogP contribution < -0.4 is 5.32 Å². The SMILES string of the molecule is CC1(CNCc2[nH]c3ccccc3c2Cl)CCC1. The number of halogens is 1. The van der Waals surface area contributed by atoms with E-state index in [4.69, 9.17) is 11.6 Å². The van der Waals surface area contributed by atoms with Gasteiger partial charge in [-0.3, -0.25) is 0 Å². The number of fused-ring (bicyclic) bond motifs is 1. The van der Waals surface area contributed by atoms with E-state index in [2.05, 4.69) is 29.4 Å². The fourth-order valence-electron chi connectivity index (χ4n) is 2.73. The molecule has 1 aliphatic carbocycles. The summed E-state index contributed by atoms with van der Waals surface area (Å²) in [6, 6.07) is 8.18. The molecule has 2 N–H and O–H groups in total. The normalized spacial score (nSPS) is 17.9. The van der Waals surface area contributed by atoms with Gasteiger partial charge < -0.3 is 10.3 Å². The van der Waals surface area contributed by atoms with Crippen LogP contribution in [0.2, 0.25) is 5.02 Å². The standard InChI is InChI=1S/C15H19ClN2/c1-15(7-4-8-15)10-17-9-13-14(16)11-5-2-3-6-12(11)18-13/h2-3,5-6,17-18H,4,7-10H2,1H3. The summed E-state index contributed by atoms with van der Waals surface area (Å²) >= 11 is 6.38. The molecule has 96 valence electrons. The predicted molar refractivity (Wildman–Crippen MR) is 77.0 cm³/mol. The molecule has 2 nitrogen and oxygen atoms in total. The zero-order valence-corrected chi connectivity index (χ0v) is 11.5. The van der Waals surface area contributed by atoms with Gasteiger partial charge >= 0.3 is 0 Å². The quantitative estimate of drug-likeness (QED) is 0.853. The van der Waals surface area contributed by atoms with Crippen LogP contribution in [0.15, 0.2) is 24.3 Å². The zero-order valence-electron chi connectivity index (χ0n) is 10.7. The molecule has 2 aromatic rings. The molecule has 0 radical (unpaired) electrons. The number of nitrogens with one attached hydrogen (secondary N) is 2. The van der Waals surface area contributed by atoms with Gasteiger partial charge in [0.25, 0.3) is 0 Å². The minimum absolute atomic E-state index is 0.512. The highest BCUT2D eigenvalue weighted by Gasteiger charge is 2.30. The van der Waals surface area contributed by atoms with E-state index in [-0.39, 0.29) is 0 Å². The lowest BCUT2D eigenvalue weighted by atomic mass is 9.70.